The molecule has 0 bridgehead atoms. The Morgan fingerprint density at radius 3 is 2.31 bits per heavy atom. The van der Waals surface area contributed by atoms with Crippen LogP contribution in [0.5, 0.6) is 11.5 Å². The Balaban J connectivity index is 1.32. The summed E-state index contributed by atoms with van der Waals surface area (Å²) in [6, 6.07) is 13.0. The first-order chi connectivity index (χ1) is 17.0. The van der Waals surface area contributed by atoms with Crippen LogP contribution in [0, 0.1) is 6.92 Å². The van der Waals surface area contributed by atoms with Crippen molar-refractivity contribution < 1.29 is 23.8 Å². The maximum Gasteiger partial charge on any atom is 0.254 e. The van der Waals surface area contributed by atoms with E-state index in [1.807, 2.05) is 41.0 Å². The number of hydrogen-bond donors (Lipinski definition) is 0. The standard InChI is InChI=1S/C27H35N3O5/c1-20-5-7-21(8-6-20)26(31)30-15-16-35-23(19-30)18-28-11-4-12-29(14-13-28)27(32)22-9-10-24(33-2)25(17-22)34-3/h5-10,17,23H,4,11-16,18-19H2,1-3H3/t23-/m1/s1. The zero-order chi connectivity index (χ0) is 24.8. The summed E-state index contributed by atoms with van der Waals surface area (Å²) in [5.41, 5.74) is 2.45. The molecule has 0 aromatic heterocycles. The zero-order valence-electron chi connectivity index (χ0n) is 20.9. The van der Waals surface area contributed by atoms with Crippen molar-refractivity contribution in [2.75, 3.05) is 66.6 Å². The third-order valence-electron chi connectivity index (χ3n) is 6.69. The largest absolute Gasteiger partial charge is 0.493 e. The van der Waals surface area contributed by atoms with E-state index in [0.717, 1.165) is 37.2 Å². The predicted molar refractivity (Wildman–Crippen MR) is 133 cm³/mol. The molecule has 8 heteroatoms. The van der Waals surface area contributed by atoms with E-state index in [1.54, 1.807) is 32.4 Å². The molecule has 2 heterocycles. The number of carbonyl (C=O) groups is 2. The number of carbonyl (C=O) groups excluding carboxylic acids is 2. The van der Waals surface area contributed by atoms with Gasteiger partial charge in [-0.05, 0) is 50.2 Å². The number of aryl methyl sites for hydroxylation is 1. The molecule has 35 heavy (non-hydrogen) atoms. The number of methoxy groups -OCH3 is 2. The minimum Gasteiger partial charge on any atom is -0.493 e. The van der Waals surface area contributed by atoms with Crippen molar-refractivity contribution in [1.82, 2.24) is 14.7 Å². The molecule has 0 saturated carbocycles. The van der Waals surface area contributed by atoms with E-state index >= 15 is 0 Å². The summed E-state index contributed by atoms with van der Waals surface area (Å²) in [4.78, 5) is 32.2. The van der Waals surface area contributed by atoms with Gasteiger partial charge in [0.05, 0.1) is 26.9 Å². The molecule has 0 N–H and O–H groups in total. The van der Waals surface area contributed by atoms with E-state index in [4.69, 9.17) is 14.2 Å². The van der Waals surface area contributed by atoms with Crippen LogP contribution < -0.4 is 9.47 Å². The number of rotatable bonds is 6. The van der Waals surface area contributed by atoms with Gasteiger partial charge in [-0.3, -0.25) is 14.5 Å². The molecular formula is C27H35N3O5. The van der Waals surface area contributed by atoms with Gasteiger partial charge in [0.15, 0.2) is 11.5 Å². The van der Waals surface area contributed by atoms with Gasteiger partial charge < -0.3 is 24.0 Å². The summed E-state index contributed by atoms with van der Waals surface area (Å²) in [5, 5.41) is 0. The number of hydrogen-bond acceptors (Lipinski definition) is 6. The third-order valence-corrected chi connectivity index (χ3v) is 6.69. The van der Waals surface area contributed by atoms with Gasteiger partial charge in [-0.1, -0.05) is 17.7 Å². The van der Waals surface area contributed by atoms with Gasteiger partial charge in [0.2, 0.25) is 0 Å². The van der Waals surface area contributed by atoms with Crippen molar-refractivity contribution in [3.05, 3.63) is 59.2 Å². The molecule has 2 fully saturated rings. The molecular weight excluding hydrogens is 446 g/mol. The summed E-state index contributed by atoms with van der Waals surface area (Å²) in [6.45, 7) is 7.50. The second kappa shape index (κ2) is 11.6. The fraction of sp³-hybridized carbons (Fsp3) is 0.481. The summed E-state index contributed by atoms with van der Waals surface area (Å²) in [6.07, 6.45) is 0.851. The Kier molecular flexibility index (Phi) is 8.25. The lowest BCUT2D eigenvalue weighted by molar-refractivity contribution is -0.0353. The molecule has 188 valence electrons. The van der Waals surface area contributed by atoms with Crippen LogP contribution in [-0.2, 0) is 4.74 Å². The van der Waals surface area contributed by atoms with E-state index in [0.29, 0.717) is 49.8 Å². The molecule has 2 aromatic rings. The van der Waals surface area contributed by atoms with Crippen molar-refractivity contribution in [2.45, 2.75) is 19.4 Å². The normalized spacial score (nSPS) is 19.2. The highest BCUT2D eigenvalue weighted by atomic mass is 16.5. The Labute approximate surface area is 207 Å². The third kappa shape index (κ3) is 6.13. The van der Waals surface area contributed by atoms with Gasteiger partial charge >= 0.3 is 0 Å². The van der Waals surface area contributed by atoms with Gasteiger partial charge in [-0.2, -0.15) is 0 Å². The Bertz CT molecular complexity index is 1030. The van der Waals surface area contributed by atoms with Crippen LogP contribution in [0.4, 0.5) is 0 Å². The van der Waals surface area contributed by atoms with Crippen molar-refractivity contribution in [1.29, 1.82) is 0 Å². The van der Waals surface area contributed by atoms with Crippen LogP contribution in [-0.4, -0.2) is 99.3 Å². The van der Waals surface area contributed by atoms with Crippen molar-refractivity contribution in [3.8, 4) is 11.5 Å². The average molecular weight is 482 g/mol. The van der Waals surface area contributed by atoms with Crippen LogP contribution >= 0.6 is 0 Å². The van der Waals surface area contributed by atoms with E-state index in [2.05, 4.69) is 4.90 Å². The molecule has 2 amide bonds. The summed E-state index contributed by atoms with van der Waals surface area (Å²) >= 11 is 0. The lowest BCUT2D eigenvalue weighted by Crippen LogP contribution is -2.50. The molecule has 2 aromatic carbocycles. The predicted octanol–water partition coefficient (Wildman–Crippen LogP) is 2.70. The fourth-order valence-electron chi connectivity index (χ4n) is 4.69. The first-order valence-electron chi connectivity index (χ1n) is 12.2. The molecule has 2 aliphatic rings. The highest BCUT2D eigenvalue weighted by Gasteiger charge is 2.28. The van der Waals surface area contributed by atoms with Gasteiger partial charge in [-0.25, -0.2) is 0 Å². The van der Waals surface area contributed by atoms with Gasteiger partial charge in [0.25, 0.3) is 11.8 Å². The quantitative estimate of drug-likeness (QED) is 0.632. The average Bonchev–Trinajstić information content (AvgIpc) is 3.13. The zero-order valence-corrected chi connectivity index (χ0v) is 20.9. The first kappa shape index (κ1) is 25.0. The smallest absolute Gasteiger partial charge is 0.254 e. The van der Waals surface area contributed by atoms with E-state index < -0.39 is 0 Å². The molecule has 0 aliphatic carbocycles. The molecule has 8 nitrogen and oxygen atoms in total. The molecule has 4 rings (SSSR count). The van der Waals surface area contributed by atoms with Gasteiger partial charge in [-0.15, -0.1) is 0 Å². The van der Waals surface area contributed by atoms with E-state index in [9.17, 15) is 9.59 Å². The van der Waals surface area contributed by atoms with Crippen LogP contribution in [0.1, 0.15) is 32.7 Å². The number of amides is 2. The monoisotopic (exact) mass is 481 g/mol. The van der Waals surface area contributed by atoms with Crippen LogP contribution in [0.3, 0.4) is 0 Å². The topological polar surface area (TPSA) is 71.6 Å². The van der Waals surface area contributed by atoms with Crippen molar-refractivity contribution in [2.24, 2.45) is 0 Å². The number of ether oxygens (including phenoxy) is 3. The number of benzene rings is 2. The summed E-state index contributed by atoms with van der Waals surface area (Å²) < 4.78 is 16.6. The van der Waals surface area contributed by atoms with Gasteiger partial charge in [0, 0.05) is 50.4 Å². The lowest BCUT2D eigenvalue weighted by Gasteiger charge is -2.35. The van der Waals surface area contributed by atoms with Crippen molar-refractivity contribution in [3.63, 3.8) is 0 Å². The molecule has 0 radical (unpaired) electrons. The number of nitrogens with zero attached hydrogens (tertiary/aromatic N) is 3. The minimum atomic E-state index is -0.0359. The Hall–Kier alpha value is -3.10. The second-order valence-corrected chi connectivity index (χ2v) is 9.13. The van der Waals surface area contributed by atoms with E-state index in [1.165, 1.54) is 0 Å². The molecule has 0 unspecified atom stereocenters. The van der Waals surface area contributed by atoms with Gasteiger partial charge in [0.1, 0.15) is 0 Å². The van der Waals surface area contributed by atoms with Crippen molar-refractivity contribution >= 4 is 11.8 Å². The second-order valence-electron chi connectivity index (χ2n) is 9.13. The van der Waals surface area contributed by atoms with Crippen LogP contribution in [0.15, 0.2) is 42.5 Å². The maximum atomic E-state index is 13.1. The SMILES string of the molecule is COc1ccc(C(=O)N2CCCN(C[C@@H]3CN(C(=O)c4ccc(C)cc4)CCO3)CC2)cc1OC. The molecule has 0 spiro atoms. The highest BCUT2D eigenvalue weighted by Crippen LogP contribution is 2.28. The summed E-state index contributed by atoms with van der Waals surface area (Å²) in [5.74, 6) is 1.21. The minimum absolute atomic E-state index is 0.00316. The highest BCUT2D eigenvalue weighted by molar-refractivity contribution is 5.95. The first-order valence-corrected chi connectivity index (χ1v) is 12.2. The lowest BCUT2D eigenvalue weighted by atomic mass is 10.1. The Morgan fingerprint density at radius 1 is 0.857 bits per heavy atom. The molecule has 2 saturated heterocycles. The molecule has 1 atom stereocenters. The maximum absolute atomic E-state index is 13.1. The molecule has 2 aliphatic heterocycles. The van der Waals surface area contributed by atoms with Crippen LogP contribution in [0.2, 0.25) is 0 Å². The van der Waals surface area contributed by atoms with E-state index in [-0.39, 0.29) is 17.9 Å². The Morgan fingerprint density at radius 2 is 1.57 bits per heavy atom. The fourth-order valence-corrected chi connectivity index (χ4v) is 4.69. The summed E-state index contributed by atoms with van der Waals surface area (Å²) in [7, 11) is 3.15. The van der Waals surface area contributed by atoms with Crippen LogP contribution in [0.25, 0.3) is 0 Å². The number of morpholine rings is 1.